The number of sulfonamides is 1. The van der Waals surface area contributed by atoms with Crippen molar-refractivity contribution in [3.05, 3.63) is 23.8 Å². The lowest BCUT2D eigenvalue weighted by Gasteiger charge is -2.10. The SMILES string of the molecule is O=S(=O)(CBr)Nc1cc(CC2=NCCN2)ccc1O. The quantitative estimate of drug-likeness (QED) is 0.548. The number of anilines is 1. The largest absolute Gasteiger partial charge is 0.506 e. The van der Waals surface area contributed by atoms with Crippen LogP contribution in [0, 0.1) is 0 Å². The van der Waals surface area contributed by atoms with E-state index >= 15 is 0 Å². The summed E-state index contributed by atoms with van der Waals surface area (Å²) < 4.78 is 25.0. The van der Waals surface area contributed by atoms with Gasteiger partial charge in [0.1, 0.15) is 16.2 Å². The van der Waals surface area contributed by atoms with Crippen molar-refractivity contribution in [2.75, 3.05) is 22.5 Å². The molecule has 0 radical (unpaired) electrons. The normalized spacial score (nSPS) is 14.9. The van der Waals surface area contributed by atoms with Gasteiger partial charge in [-0.1, -0.05) is 22.0 Å². The van der Waals surface area contributed by atoms with Crippen molar-refractivity contribution in [1.82, 2.24) is 5.32 Å². The molecule has 104 valence electrons. The van der Waals surface area contributed by atoms with Gasteiger partial charge in [-0.05, 0) is 17.7 Å². The van der Waals surface area contributed by atoms with Crippen LogP contribution in [-0.4, -0.2) is 37.1 Å². The second kappa shape index (κ2) is 5.79. The molecule has 1 aromatic carbocycles. The number of amidine groups is 1. The van der Waals surface area contributed by atoms with Crippen molar-refractivity contribution in [2.24, 2.45) is 4.99 Å². The van der Waals surface area contributed by atoms with Gasteiger partial charge in [0.05, 0.1) is 12.2 Å². The average molecular weight is 348 g/mol. The first-order valence-electron chi connectivity index (χ1n) is 5.66. The molecule has 0 fully saturated rings. The van der Waals surface area contributed by atoms with Gasteiger partial charge in [-0.15, -0.1) is 0 Å². The summed E-state index contributed by atoms with van der Waals surface area (Å²) in [5.74, 6) is 0.773. The minimum Gasteiger partial charge on any atom is -0.506 e. The van der Waals surface area contributed by atoms with Crippen LogP contribution in [0.25, 0.3) is 0 Å². The molecule has 0 aromatic heterocycles. The second-order valence-electron chi connectivity index (χ2n) is 4.11. The number of hydrogen-bond donors (Lipinski definition) is 3. The summed E-state index contributed by atoms with van der Waals surface area (Å²) in [4.78, 5) is 4.27. The zero-order chi connectivity index (χ0) is 13.9. The number of aliphatic imine (C=N–C) groups is 1. The molecule has 0 bridgehead atoms. The number of nitrogens with one attached hydrogen (secondary N) is 2. The van der Waals surface area contributed by atoms with Crippen molar-refractivity contribution < 1.29 is 13.5 Å². The standard InChI is InChI=1S/C11H14BrN3O3S/c12-7-19(17,18)15-9-5-8(1-2-10(9)16)6-11-13-3-4-14-11/h1-2,5,15-16H,3-4,6-7H2,(H,13,14). The van der Waals surface area contributed by atoms with E-state index in [9.17, 15) is 13.5 Å². The van der Waals surface area contributed by atoms with Crippen LogP contribution >= 0.6 is 15.9 Å². The number of alkyl halides is 1. The Kier molecular flexibility index (Phi) is 4.31. The zero-order valence-corrected chi connectivity index (χ0v) is 12.5. The number of hydrogen-bond acceptors (Lipinski definition) is 5. The highest BCUT2D eigenvalue weighted by molar-refractivity contribution is 9.10. The average Bonchev–Trinajstić information content (AvgIpc) is 2.86. The van der Waals surface area contributed by atoms with Crippen LogP contribution in [0.4, 0.5) is 5.69 Å². The molecule has 19 heavy (non-hydrogen) atoms. The summed E-state index contributed by atoms with van der Waals surface area (Å²) in [6.07, 6.45) is 0.587. The fourth-order valence-electron chi connectivity index (χ4n) is 1.73. The van der Waals surface area contributed by atoms with Gasteiger partial charge < -0.3 is 10.4 Å². The Hall–Kier alpha value is -1.28. The third-order valence-electron chi connectivity index (χ3n) is 2.59. The molecule has 8 heteroatoms. The Bertz CT molecular complexity index is 601. The van der Waals surface area contributed by atoms with E-state index in [-0.39, 0.29) is 16.1 Å². The van der Waals surface area contributed by atoms with Gasteiger partial charge in [-0.25, -0.2) is 8.42 Å². The zero-order valence-electron chi connectivity index (χ0n) is 10.1. The van der Waals surface area contributed by atoms with Gasteiger partial charge in [0.15, 0.2) is 0 Å². The van der Waals surface area contributed by atoms with Crippen LogP contribution in [0.5, 0.6) is 5.75 Å². The van der Waals surface area contributed by atoms with Crippen molar-refractivity contribution >= 4 is 37.5 Å². The predicted octanol–water partition coefficient (Wildman–Crippen LogP) is 1.03. The highest BCUT2D eigenvalue weighted by Gasteiger charge is 2.13. The molecule has 1 aliphatic heterocycles. The van der Waals surface area contributed by atoms with Gasteiger partial charge in [0, 0.05) is 13.0 Å². The molecular formula is C11H14BrN3O3S. The predicted molar refractivity (Wildman–Crippen MR) is 78.5 cm³/mol. The van der Waals surface area contributed by atoms with E-state index in [1.165, 1.54) is 6.07 Å². The fraction of sp³-hybridized carbons (Fsp3) is 0.364. The lowest BCUT2D eigenvalue weighted by molar-refractivity contribution is 0.477. The van der Waals surface area contributed by atoms with Crippen LogP contribution < -0.4 is 10.0 Å². The molecule has 1 aromatic rings. The molecule has 0 saturated carbocycles. The molecule has 1 heterocycles. The second-order valence-corrected chi connectivity index (χ2v) is 7.13. The first-order valence-corrected chi connectivity index (χ1v) is 8.43. The Morgan fingerprint density at radius 1 is 1.47 bits per heavy atom. The van der Waals surface area contributed by atoms with Crippen molar-refractivity contribution in [3.63, 3.8) is 0 Å². The lowest BCUT2D eigenvalue weighted by Crippen LogP contribution is -2.20. The maximum atomic E-state index is 11.5. The minimum absolute atomic E-state index is 0.102. The van der Waals surface area contributed by atoms with E-state index < -0.39 is 10.0 Å². The number of benzene rings is 1. The number of halogens is 1. The highest BCUT2D eigenvalue weighted by Crippen LogP contribution is 2.26. The van der Waals surface area contributed by atoms with Crippen LogP contribution in [0.15, 0.2) is 23.2 Å². The minimum atomic E-state index is -3.48. The van der Waals surface area contributed by atoms with Crippen molar-refractivity contribution in [2.45, 2.75) is 6.42 Å². The molecular weight excluding hydrogens is 334 g/mol. The van der Waals surface area contributed by atoms with Gasteiger partial charge in [0.2, 0.25) is 10.0 Å². The van der Waals surface area contributed by atoms with Crippen molar-refractivity contribution in [3.8, 4) is 5.75 Å². The molecule has 1 aliphatic rings. The maximum absolute atomic E-state index is 11.5. The van der Waals surface area contributed by atoms with Crippen LogP contribution in [0.2, 0.25) is 0 Å². The van der Waals surface area contributed by atoms with E-state index in [1.807, 2.05) is 0 Å². The van der Waals surface area contributed by atoms with E-state index in [2.05, 4.69) is 31.0 Å². The number of rotatable bonds is 5. The number of phenols is 1. The van der Waals surface area contributed by atoms with Gasteiger partial charge >= 0.3 is 0 Å². The smallest absolute Gasteiger partial charge is 0.242 e. The van der Waals surface area contributed by atoms with E-state index in [4.69, 9.17) is 0 Å². The number of nitrogens with zero attached hydrogens (tertiary/aromatic N) is 1. The summed E-state index contributed by atoms with van der Waals surface area (Å²) >= 11 is 2.88. The highest BCUT2D eigenvalue weighted by atomic mass is 79.9. The monoisotopic (exact) mass is 347 g/mol. The molecule has 0 spiro atoms. The molecule has 0 atom stereocenters. The lowest BCUT2D eigenvalue weighted by atomic mass is 10.1. The third-order valence-corrected chi connectivity index (χ3v) is 5.21. The Morgan fingerprint density at radius 3 is 2.89 bits per heavy atom. The van der Waals surface area contributed by atoms with Crippen molar-refractivity contribution in [1.29, 1.82) is 0 Å². The first-order chi connectivity index (χ1) is 9.00. The fourth-order valence-corrected chi connectivity index (χ4v) is 2.62. The molecule has 0 aliphatic carbocycles. The summed E-state index contributed by atoms with van der Waals surface area (Å²) in [5.41, 5.74) is 1.05. The molecule has 0 saturated heterocycles. The Balaban J connectivity index is 2.19. The summed E-state index contributed by atoms with van der Waals surface area (Å²) in [6.45, 7) is 1.59. The molecule has 2 rings (SSSR count). The van der Waals surface area contributed by atoms with Crippen LogP contribution in [0.3, 0.4) is 0 Å². The van der Waals surface area contributed by atoms with E-state index in [1.54, 1.807) is 12.1 Å². The maximum Gasteiger partial charge on any atom is 0.242 e. The van der Waals surface area contributed by atoms with E-state index in [0.29, 0.717) is 6.42 Å². The third kappa shape index (κ3) is 3.84. The van der Waals surface area contributed by atoms with Gasteiger partial charge in [0.25, 0.3) is 0 Å². The molecule has 0 amide bonds. The Labute approximate surface area is 120 Å². The topological polar surface area (TPSA) is 90.8 Å². The van der Waals surface area contributed by atoms with Gasteiger partial charge in [-0.3, -0.25) is 9.71 Å². The summed E-state index contributed by atoms with van der Waals surface area (Å²) in [5, 5.41) is 12.8. The number of aromatic hydroxyl groups is 1. The first kappa shape index (κ1) is 14.1. The number of phenolic OH excluding ortho intramolecular Hbond substituents is 1. The van der Waals surface area contributed by atoms with E-state index in [0.717, 1.165) is 24.5 Å². The molecule has 3 N–H and O–H groups in total. The molecule has 0 unspecified atom stereocenters. The Morgan fingerprint density at radius 2 is 2.26 bits per heavy atom. The van der Waals surface area contributed by atoms with Crippen LogP contribution in [-0.2, 0) is 16.4 Å². The summed E-state index contributed by atoms with van der Waals surface area (Å²) in [7, 11) is -3.48. The van der Waals surface area contributed by atoms with Gasteiger partial charge in [-0.2, -0.15) is 0 Å². The summed E-state index contributed by atoms with van der Waals surface area (Å²) in [6, 6.07) is 4.82. The van der Waals surface area contributed by atoms with Crippen LogP contribution in [0.1, 0.15) is 5.56 Å². The molecule has 6 nitrogen and oxygen atoms in total.